The lowest BCUT2D eigenvalue weighted by Crippen LogP contribution is -1.79. The number of rotatable bonds is 2. The first kappa shape index (κ1) is 10.3. The van der Waals surface area contributed by atoms with Gasteiger partial charge in [-0.3, -0.25) is 4.79 Å². The summed E-state index contributed by atoms with van der Waals surface area (Å²) < 4.78 is 0. The monoisotopic (exact) mass is 214 g/mol. The average Bonchev–Trinajstić information content (AvgIpc) is 2.02. The second kappa shape index (κ2) is 4.45. The Morgan fingerprint density at radius 1 is 1.46 bits per heavy atom. The fourth-order valence-corrected chi connectivity index (χ4v) is 1.28. The lowest BCUT2D eigenvalue weighted by atomic mass is 10.1. The van der Waals surface area contributed by atoms with Crippen LogP contribution in [0, 0.1) is 6.92 Å². The zero-order valence-electron chi connectivity index (χ0n) is 7.05. The summed E-state index contributed by atoms with van der Waals surface area (Å²) in [5.74, 6) is 0. The topological polar surface area (TPSA) is 17.1 Å². The van der Waals surface area contributed by atoms with Gasteiger partial charge in [-0.2, -0.15) is 0 Å². The van der Waals surface area contributed by atoms with Crippen molar-refractivity contribution in [3.05, 3.63) is 40.4 Å². The van der Waals surface area contributed by atoms with Crippen LogP contribution in [0.2, 0.25) is 5.02 Å². The van der Waals surface area contributed by atoms with Crippen molar-refractivity contribution in [1.82, 2.24) is 0 Å². The Hall–Kier alpha value is -0.790. The minimum atomic E-state index is -0.503. The van der Waals surface area contributed by atoms with Crippen molar-refractivity contribution in [3.63, 3.8) is 0 Å². The van der Waals surface area contributed by atoms with Gasteiger partial charge in [0.2, 0.25) is 5.24 Å². The number of carbonyl (C=O) groups is 1. The summed E-state index contributed by atoms with van der Waals surface area (Å²) in [6.07, 6.45) is 2.87. The Kier molecular flexibility index (Phi) is 3.52. The van der Waals surface area contributed by atoms with Crippen LogP contribution in [0.4, 0.5) is 0 Å². The Bertz CT molecular complexity index is 356. The van der Waals surface area contributed by atoms with Gasteiger partial charge < -0.3 is 0 Å². The van der Waals surface area contributed by atoms with E-state index in [-0.39, 0.29) is 0 Å². The maximum Gasteiger partial charge on any atom is 0.245 e. The third-order valence-electron chi connectivity index (χ3n) is 1.55. The molecule has 1 nitrogen and oxygen atoms in total. The van der Waals surface area contributed by atoms with Gasteiger partial charge in [0, 0.05) is 5.02 Å². The smallest absolute Gasteiger partial charge is 0.245 e. The Morgan fingerprint density at radius 2 is 2.15 bits per heavy atom. The summed E-state index contributed by atoms with van der Waals surface area (Å²) >= 11 is 11.0. The van der Waals surface area contributed by atoms with Gasteiger partial charge in [0.1, 0.15) is 0 Å². The van der Waals surface area contributed by atoms with Crippen molar-refractivity contribution in [3.8, 4) is 0 Å². The molecule has 1 aromatic carbocycles. The highest BCUT2D eigenvalue weighted by atomic mass is 35.5. The van der Waals surface area contributed by atoms with Crippen molar-refractivity contribution in [2.75, 3.05) is 0 Å². The highest BCUT2D eigenvalue weighted by Gasteiger charge is 1.96. The lowest BCUT2D eigenvalue weighted by molar-refractivity contribution is -0.107. The minimum absolute atomic E-state index is 0.503. The van der Waals surface area contributed by atoms with E-state index in [4.69, 9.17) is 23.2 Å². The van der Waals surface area contributed by atoms with Crippen molar-refractivity contribution in [1.29, 1.82) is 0 Å². The maximum absolute atomic E-state index is 10.4. The summed E-state index contributed by atoms with van der Waals surface area (Å²) in [6.45, 7) is 1.95. The number of hydrogen-bond acceptors (Lipinski definition) is 1. The Balaban J connectivity index is 2.96. The highest BCUT2D eigenvalue weighted by molar-refractivity contribution is 6.66. The largest absolute Gasteiger partial charge is 0.276 e. The van der Waals surface area contributed by atoms with Gasteiger partial charge in [0.25, 0.3) is 0 Å². The van der Waals surface area contributed by atoms with Crippen LogP contribution >= 0.6 is 23.2 Å². The van der Waals surface area contributed by atoms with Gasteiger partial charge >= 0.3 is 0 Å². The van der Waals surface area contributed by atoms with E-state index in [1.807, 2.05) is 25.1 Å². The minimum Gasteiger partial charge on any atom is -0.276 e. The number of hydrogen-bond donors (Lipinski definition) is 0. The first-order valence-corrected chi connectivity index (χ1v) is 4.49. The summed E-state index contributed by atoms with van der Waals surface area (Å²) in [5.41, 5.74) is 1.88. The maximum atomic E-state index is 10.4. The molecule has 0 bridgehead atoms. The molecule has 3 heteroatoms. The predicted octanol–water partition coefficient (Wildman–Crippen LogP) is 3.43. The van der Waals surface area contributed by atoms with Crippen LogP contribution in [0.3, 0.4) is 0 Å². The summed E-state index contributed by atoms with van der Waals surface area (Å²) in [5, 5.41) is 0.116. The fourth-order valence-electron chi connectivity index (χ4n) is 0.923. The molecule has 0 fully saturated rings. The molecular formula is C10H8Cl2O. The Labute approximate surface area is 87.0 Å². The second-order valence-electron chi connectivity index (χ2n) is 2.66. The van der Waals surface area contributed by atoms with Gasteiger partial charge in [-0.25, -0.2) is 0 Å². The molecule has 0 amide bonds. The molecule has 0 unspecified atom stereocenters. The van der Waals surface area contributed by atoms with E-state index in [2.05, 4.69) is 0 Å². The van der Waals surface area contributed by atoms with Crippen LogP contribution in [0.25, 0.3) is 6.08 Å². The fraction of sp³-hybridized carbons (Fsp3) is 0.100. The molecule has 68 valence electrons. The van der Waals surface area contributed by atoms with Crippen LogP contribution in [0.1, 0.15) is 11.1 Å². The lowest BCUT2D eigenvalue weighted by Gasteiger charge is -1.98. The predicted molar refractivity (Wildman–Crippen MR) is 56.1 cm³/mol. The number of aryl methyl sites for hydroxylation is 1. The first-order chi connectivity index (χ1) is 6.09. The van der Waals surface area contributed by atoms with E-state index in [0.717, 1.165) is 11.1 Å². The molecule has 0 radical (unpaired) electrons. The molecule has 0 aliphatic carbocycles. The van der Waals surface area contributed by atoms with E-state index < -0.39 is 5.24 Å². The molecule has 0 saturated carbocycles. The number of allylic oxidation sites excluding steroid dienone is 1. The van der Waals surface area contributed by atoms with Crippen molar-refractivity contribution < 1.29 is 4.79 Å². The molecule has 0 heterocycles. The zero-order chi connectivity index (χ0) is 9.84. The quantitative estimate of drug-likeness (QED) is 0.545. The van der Waals surface area contributed by atoms with Crippen molar-refractivity contribution in [2.24, 2.45) is 0 Å². The number of halogens is 2. The van der Waals surface area contributed by atoms with Crippen LogP contribution < -0.4 is 0 Å². The van der Waals surface area contributed by atoms with Gasteiger partial charge in [0.15, 0.2) is 0 Å². The molecule has 0 aliphatic rings. The van der Waals surface area contributed by atoms with Gasteiger partial charge in [-0.15, -0.1) is 0 Å². The highest BCUT2D eigenvalue weighted by Crippen LogP contribution is 2.18. The molecular weight excluding hydrogens is 207 g/mol. The van der Waals surface area contributed by atoms with Crippen LogP contribution in [0.15, 0.2) is 24.3 Å². The zero-order valence-corrected chi connectivity index (χ0v) is 8.56. The van der Waals surface area contributed by atoms with Crippen LogP contribution in [-0.4, -0.2) is 5.24 Å². The SMILES string of the molecule is Cc1ccc(C=CC(=O)Cl)c(Cl)c1. The van der Waals surface area contributed by atoms with E-state index in [1.165, 1.54) is 6.08 Å². The van der Waals surface area contributed by atoms with Gasteiger partial charge in [-0.1, -0.05) is 23.7 Å². The molecule has 0 atom stereocenters. The van der Waals surface area contributed by atoms with Gasteiger partial charge in [-0.05, 0) is 47.9 Å². The standard InChI is InChI=1S/C10H8Cl2O/c1-7-2-3-8(9(11)6-7)4-5-10(12)13/h2-6H,1H3. The first-order valence-electron chi connectivity index (χ1n) is 3.73. The molecule has 0 aromatic heterocycles. The molecule has 1 rings (SSSR count). The van der Waals surface area contributed by atoms with E-state index in [1.54, 1.807) is 6.08 Å². The van der Waals surface area contributed by atoms with Crippen molar-refractivity contribution in [2.45, 2.75) is 6.92 Å². The third kappa shape index (κ3) is 3.21. The summed E-state index contributed by atoms with van der Waals surface area (Å²) in [7, 11) is 0. The van der Waals surface area contributed by atoms with E-state index in [0.29, 0.717) is 5.02 Å². The Morgan fingerprint density at radius 3 is 2.69 bits per heavy atom. The molecule has 1 aromatic rings. The number of benzene rings is 1. The molecule has 0 N–H and O–H groups in total. The van der Waals surface area contributed by atoms with Crippen LogP contribution in [0.5, 0.6) is 0 Å². The van der Waals surface area contributed by atoms with E-state index >= 15 is 0 Å². The molecule has 0 aliphatic heterocycles. The summed E-state index contributed by atoms with van der Waals surface area (Å²) in [6, 6.07) is 5.60. The average molecular weight is 215 g/mol. The molecule has 0 spiro atoms. The third-order valence-corrected chi connectivity index (χ3v) is 2.00. The summed E-state index contributed by atoms with van der Waals surface area (Å²) in [4.78, 5) is 10.4. The number of carbonyl (C=O) groups excluding carboxylic acids is 1. The molecule has 0 saturated heterocycles. The normalized spacial score (nSPS) is 10.7. The van der Waals surface area contributed by atoms with Crippen LogP contribution in [-0.2, 0) is 4.79 Å². The van der Waals surface area contributed by atoms with Crippen molar-refractivity contribution >= 4 is 34.5 Å². The van der Waals surface area contributed by atoms with Gasteiger partial charge in [0.05, 0.1) is 0 Å². The van der Waals surface area contributed by atoms with E-state index in [9.17, 15) is 4.79 Å². The second-order valence-corrected chi connectivity index (χ2v) is 3.44. The molecule has 13 heavy (non-hydrogen) atoms.